The highest BCUT2D eigenvalue weighted by molar-refractivity contribution is 6.07. The van der Waals surface area contributed by atoms with E-state index in [1.165, 1.54) is 36.0 Å². The maximum atomic E-state index is 13.3. The second-order valence-corrected chi connectivity index (χ2v) is 11.0. The van der Waals surface area contributed by atoms with Crippen LogP contribution in [0.25, 0.3) is 0 Å². The summed E-state index contributed by atoms with van der Waals surface area (Å²) in [7, 11) is 0. The lowest BCUT2D eigenvalue weighted by Crippen LogP contribution is -2.44. The first kappa shape index (κ1) is 21.1. The van der Waals surface area contributed by atoms with E-state index < -0.39 is 0 Å². The molecule has 0 aromatic rings. The fraction of sp³-hybridized carbons (Fsp3) is 0.741. The van der Waals surface area contributed by atoms with Gasteiger partial charge in [-0.05, 0) is 80.1 Å². The van der Waals surface area contributed by atoms with Crippen LogP contribution in [0.15, 0.2) is 34.9 Å². The van der Waals surface area contributed by atoms with E-state index >= 15 is 0 Å². The molecular weight excluding hydrogens is 356 g/mol. The standard InChI is InChI=1S/C27H40O2/c1-6-17(2)7-8-18(3)21-9-10-22-25-23(12-14-27(21,22)5)26(4)13-11-20(28)15-19(26)16-24(25)29/h7-8,16-18,20-22,28H,6,9-15H2,1-5H3/b8-7+/t17-,18-,20-,21+,22-,26-,27+/m0/s1. The van der Waals surface area contributed by atoms with E-state index in [1.807, 2.05) is 6.08 Å². The number of aliphatic hydroxyl groups is 1. The Kier molecular flexibility index (Phi) is 5.47. The molecule has 0 radical (unpaired) electrons. The summed E-state index contributed by atoms with van der Waals surface area (Å²) >= 11 is 0. The third-order valence-electron chi connectivity index (χ3n) is 9.40. The second-order valence-electron chi connectivity index (χ2n) is 11.0. The Morgan fingerprint density at radius 1 is 1.17 bits per heavy atom. The summed E-state index contributed by atoms with van der Waals surface area (Å²) in [5.41, 5.74) is 4.08. The number of aliphatic hydroxyl groups excluding tert-OH is 1. The first-order chi connectivity index (χ1) is 13.7. The van der Waals surface area contributed by atoms with Crippen molar-refractivity contribution in [1.29, 1.82) is 0 Å². The minimum absolute atomic E-state index is 0.0178. The van der Waals surface area contributed by atoms with Gasteiger partial charge in [0.15, 0.2) is 5.78 Å². The highest BCUT2D eigenvalue weighted by Crippen LogP contribution is 2.64. The number of fused-ring (bicyclic) bond motifs is 4. The van der Waals surface area contributed by atoms with Gasteiger partial charge < -0.3 is 5.11 Å². The Bertz CT molecular complexity index is 771. The molecule has 2 nitrogen and oxygen atoms in total. The van der Waals surface area contributed by atoms with Crippen LogP contribution in [-0.2, 0) is 4.79 Å². The molecule has 29 heavy (non-hydrogen) atoms. The zero-order chi connectivity index (χ0) is 21.0. The van der Waals surface area contributed by atoms with E-state index in [0.29, 0.717) is 30.1 Å². The summed E-state index contributed by atoms with van der Waals surface area (Å²) in [4.78, 5) is 13.3. The molecular formula is C27H40O2. The summed E-state index contributed by atoms with van der Waals surface area (Å²) in [6.45, 7) is 11.8. The molecule has 0 heterocycles. The van der Waals surface area contributed by atoms with Gasteiger partial charge in [-0.15, -0.1) is 0 Å². The molecule has 160 valence electrons. The quantitative estimate of drug-likeness (QED) is 0.558. The molecule has 2 heteroatoms. The largest absolute Gasteiger partial charge is 0.393 e. The van der Waals surface area contributed by atoms with E-state index in [1.54, 1.807) is 0 Å². The monoisotopic (exact) mass is 396 g/mol. The Labute approximate surface area is 177 Å². The van der Waals surface area contributed by atoms with Crippen LogP contribution in [0.4, 0.5) is 0 Å². The molecule has 1 N–H and O–H groups in total. The zero-order valence-electron chi connectivity index (χ0n) is 19.1. The maximum Gasteiger partial charge on any atom is 0.182 e. The Morgan fingerprint density at radius 3 is 2.66 bits per heavy atom. The van der Waals surface area contributed by atoms with Gasteiger partial charge in [0.2, 0.25) is 0 Å². The van der Waals surface area contributed by atoms with E-state index in [9.17, 15) is 9.90 Å². The van der Waals surface area contributed by atoms with Gasteiger partial charge in [0.25, 0.3) is 0 Å². The zero-order valence-corrected chi connectivity index (χ0v) is 19.1. The average Bonchev–Trinajstić information content (AvgIpc) is 3.04. The average molecular weight is 397 g/mol. The molecule has 0 spiro atoms. The van der Waals surface area contributed by atoms with Crippen LogP contribution in [0.3, 0.4) is 0 Å². The lowest BCUT2D eigenvalue weighted by molar-refractivity contribution is -0.113. The summed E-state index contributed by atoms with van der Waals surface area (Å²) in [6, 6.07) is 0. The molecule has 0 amide bonds. The van der Waals surface area contributed by atoms with E-state index in [-0.39, 0.29) is 22.7 Å². The van der Waals surface area contributed by atoms with E-state index in [2.05, 4.69) is 46.8 Å². The number of allylic oxidation sites excluding steroid dienone is 5. The van der Waals surface area contributed by atoms with Gasteiger partial charge in [0, 0.05) is 11.0 Å². The Hall–Kier alpha value is -1.15. The minimum atomic E-state index is -0.271. The van der Waals surface area contributed by atoms with Gasteiger partial charge >= 0.3 is 0 Å². The molecule has 7 atom stereocenters. The molecule has 0 aromatic heterocycles. The third-order valence-corrected chi connectivity index (χ3v) is 9.40. The van der Waals surface area contributed by atoms with Crippen molar-refractivity contribution in [1.82, 2.24) is 0 Å². The number of hydrogen-bond donors (Lipinski definition) is 1. The van der Waals surface area contributed by atoms with Crippen LogP contribution in [-0.4, -0.2) is 17.0 Å². The second kappa shape index (κ2) is 7.52. The molecule has 0 aliphatic heterocycles. The highest BCUT2D eigenvalue weighted by atomic mass is 16.3. The molecule has 4 rings (SSSR count). The van der Waals surface area contributed by atoms with Crippen LogP contribution in [0.2, 0.25) is 0 Å². The molecule has 0 bridgehead atoms. The summed E-state index contributed by atoms with van der Waals surface area (Å²) < 4.78 is 0. The van der Waals surface area contributed by atoms with Crippen LogP contribution in [0.5, 0.6) is 0 Å². The number of carbonyl (C=O) groups is 1. The van der Waals surface area contributed by atoms with E-state index in [0.717, 1.165) is 25.7 Å². The number of carbonyl (C=O) groups excluding carboxylic acids is 1. The van der Waals surface area contributed by atoms with Crippen molar-refractivity contribution in [2.45, 2.75) is 92.1 Å². The van der Waals surface area contributed by atoms with Gasteiger partial charge in [-0.2, -0.15) is 0 Å². The minimum Gasteiger partial charge on any atom is -0.393 e. The molecule has 2 saturated carbocycles. The molecule has 4 aliphatic carbocycles. The van der Waals surface area contributed by atoms with Gasteiger partial charge in [0.1, 0.15) is 0 Å². The van der Waals surface area contributed by atoms with Crippen LogP contribution in [0, 0.1) is 34.5 Å². The van der Waals surface area contributed by atoms with Crippen molar-refractivity contribution in [3.8, 4) is 0 Å². The maximum absolute atomic E-state index is 13.3. The topological polar surface area (TPSA) is 37.3 Å². The first-order valence-electron chi connectivity index (χ1n) is 12.1. The fourth-order valence-corrected chi connectivity index (χ4v) is 7.23. The van der Waals surface area contributed by atoms with E-state index in [4.69, 9.17) is 0 Å². The molecule has 2 fully saturated rings. The van der Waals surface area contributed by atoms with Crippen LogP contribution >= 0.6 is 0 Å². The Balaban J connectivity index is 1.64. The van der Waals surface area contributed by atoms with Gasteiger partial charge in [0.05, 0.1) is 6.10 Å². The van der Waals surface area contributed by atoms with Crippen LogP contribution in [0.1, 0.15) is 86.0 Å². The van der Waals surface area contributed by atoms with Crippen molar-refractivity contribution in [3.63, 3.8) is 0 Å². The van der Waals surface area contributed by atoms with Crippen molar-refractivity contribution < 1.29 is 9.90 Å². The van der Waals surface area contributed by atoms with Gasteiger partial charge in [-0.25, -0.2) is 0 Å². The van der Waals surface area contributed by atoms with Crippen molar-refractivity contribution in [2.24, 2.45) is 34.5 Å². The number of rotatable bonds is 4. The first-order valence-corrected chi connectivity index (χ1v) is 12.1. The normalized spacial score (nSPS) is 41.7. The highest BCUT2D eigenvalue weighted by Gasteiger charge is 2.56. The predicted octanol–water partition coefficient (Wildman–Crippen LogP) is 6.41. The lowest BCUT2D eigenvalue weighted by Gasteiger charge is -2.51. The van der Waals surface area contributed by atoms with Gasteiger partial charge in [-0.1, -0.05) is 64.3 Å². The third kappa shape index (κ3) is 3.30. The summed E-state index contributed by atoms with van der Waals surface area (Å²) in [5.74, 6) is 2.58. The molecule has 0 aromatic carbocycles. The smallest absolute Gasteiger partial charge is 0.182 e. The summed E-state index contributed by atoms with van der Waals surface area (Å²) in [5, 5.41) is 10.2. The predicted molar refractivity (Wildman–Crippen MR) is 119 cm³/mol. The Morgan fingerprint density at radius 2 is 1.93 bits per heavy atom. The van der Waals surface area contributed by atoms with Crippen molar-refractivity contribution in [2.75, 3.05) is 0 Å². The van der Waals surface area contributed by atoms with Crippen molar-refractivity contribution >= 4 is 5.78 Å². The van der Waals surface area contributed by atoms with Crippen molar-refractivity contribution in [3.05, 3.63) is 34.9 Å². The molecule has 0 unspecified atom stereocenters. The molecule has 0 saturated heterocycles. The molecule has 4 aliphatic rings. The van der Waals surface area contributed by atoms with Crippen LogP contribution < -0.4 is 0 Å². The number of hydrogen-bond acceptors (Lipinski definition) is 2. The van der Waals surface area contributed by atoms with Gasteiger partial charge in [-0.3, -0.25) is 4.79 Å². The summed E-state index contributed by atoms with van der Waals surface area (Å²) in [6.07, 6.45) is 14.9. The SMILES string of the molecule is CC[C@H](C)/C=C/[C@H](C)[C@H]1CC[C@H]2C3=C(CC[C@]12C)[C@@]1(C)CC[C@H](O)CC1=CC3=O. The fourth-order valence-electron chi connectivity index (χ4n) is 7.23. The number of ketones is 1. The lowest BCUT2D eigenvalue weighted by atomic mass is 9.53.